The Morgan fingerprint density at radius 2 is 1.73 bits per heavy atom. The van der Waals surface area contributed by atoms with Gasteiger partial charge >= 0.3 is 0 Å². The number of nitrogens with one attached hydrogen (secondary N) is 1. The van der Waals surface area contributed by atoms with Gasteiger partial charge in [0.25, 0.3) is 11.8 Å². The molecule has 2 fully saturated rings. The van der Waals surface area contributed by atoms with E-state index >= 15 is 0 Å². The number of nitrogens with zero attached hydrogens (tertiary/aromatic N) is 3. The summed E-state index contributed by atoms with van der Waals surface area (Å²) in [7, 11) is 0. The molecule has 3 heterocycles. The van der Waals surface area contributed by atoms with E-state index in [0.29, 0.717) is 17.0 Å². The van der Waals surface area contributed by atoms with Gasteiger partial charge in [-0.2, -0.15) is 0 Å². The monoisotopic (exact) mass is 354 g/mol. The van der Waals surface area contributed by atoms with Crippen molar-refractivity contribution in [1.82, 2.24) is 19.6 Å². The van der Waals surface area contributed by atoms with E-state index in [1.807, 2.05) is 29.3 Å². The summed E-state index contributed by atoms with van der Waals surface area (Å²) in [6, 6.07) is 5.82. The lowest BCUT2D eigenvalue weighted by atomic mass is 9.95. The number of hydrogen-bond donors (Lipinski definition) is 1. The van der Waals surface area contributed by atoms with Gasteiger partial charge in [-0.1, -0.05) is 25.3 Å². The zero-order chi connectivity index (χ0) is 17.9. The lowest BCUT2D eigenvalue weighted by Gasteiger charge is -2.25. The molecule has 1 N–H and O–H groups in total. The van der Waals surface area contributed by atoms with Gasteiger partial charge in [-0.3, -0.25) is 14.0 Å². The van der Waals surface area contributed by atoms with Crippen molar-refractivity contribution in [2.75, 3.05) is 13.1 Å². The highest BCUT2D eigenvalue weighted by Gasteiger charge is 2.27. The van der Waals surface area contributed by atoms with Crippen molar-refractivity contribution >= 4 is 17.3 Å². The SMILES string of the molecule is O=C(NC1CCCCC1)c1nc(C(=O)N2CCCCC2)c2ccccn12. The molecule has 0 bridgehead atoms. The van der Waals surface area contributed by atoms with Gasteiger partial charge in [-0.05, 0) is 44.2 Å². The smallest absolute Gasteiger partial charge is 0.287 e. The lowest BCUT2D eigenvalue weighted by molar-refractivity contribution is 0.0721. The van der Waals surface area contributed by atoms with E-state index in [-0.39, 0.29) is 17.9 Å². The Morgan fingerprint density at radius 3 is 2.50 bits per heavy atom. The molecule has 0 aromatic carbocycles. The number of likely N-dealkylation sites (tertiary alicyclic amines) is 1. The minimum Gasteiger partial charge on any atom is -0.347 e. The van der Waals surface area contributed by atoms with E-state index in [0.717, 1.165) is 51.6 Å². The first-order chi connectivity index (χ1) is 12.7. The van der Waals surface area contributed by atoms with Gasteiger partial charge < -0.3 is 10.2 Å². The number of fused-ring (bicyclic) bond motifs is 1. The van der Waals surface area contributed by atoms with Crippen LogP contribution in [0.15, 0.2) is 24.4 Å². The molecule has 6 nitrogen and oxygen atoms in total. The van der Waals surface area contributed by atoms with Crippen LogP contribution in [0.5, 0.6) is 0 Å². The normalized spacial score (nSPS) is 18.8. The van der Waals surface area contributed by atoms with Gasteiger partial charge in [-0.15, -0.1) is 0 Å². The van der Waals surface area contributed by atoms with E-state index in [1.165, 1.54) is 12.8 Å². The second-order valence-electron chi connectivity index (χ2n) is 7.40. The zero-order valence-electron chi connectivity index (χ0n) is 15.1. The molecule has 26 heavy (non-hydrogen) atoms. The average Bonchev–Trinajstić information content (AvgIpc) is 3.09. The first-order valence-electron chi connectivity index (χ1n) is 9.81. The molecule has 138 valence electrons. The summed E-state index contributed by atoms with van der Waals surface area (Å²) in [6.07, 6.45) is 10.7. The summed E-state index contributed by atoms with van der Waals surface area (Å²) in [5.74, 6) is 0.0624. The number of piperidine rings is 1. The predicted octanol–water partition coefficient (Wildman–Crippen LogP) is 3.02. The summed E-state index contributed by atoms with van der Waals surface area (Å²) in [5.41, 5.74) is 1.10. The predicted molar refractivity (Wildman–Crippen MR) is 99.3 cm³/mol. The molecular weight excluding hydrogens is 328 g/mol. The van der Waals surface area contributed by atoms with Gasteiger partial charge in [0.1, 0.15) is 0 Å². The minimum absolute atomic E-state index is 0.0647. The van der Waals surface area contributed by atoms with Crippen LogP contribution in [-0.4, -0.2) is 45.2 Å². The highest BCUT2D eigenvalue weighted by Crippen LogP contribution is 2.20. The first-order valence-corrected chi connectivity index (χ1v) is 9.81. The summed E-state index contributed by atoms with van der Waals surface area (Å²) < 4.78 is 1.75. The zero-order valence-corrected chi connectivity index (χ0v) is 15.1. The van der Waals surface area contributed by atoms with Gasteiger partial charge in [0.15, 0.2) is 5.69 Å². The topological polar surface area (TPSA) is 66.7 Å². The molecule has 2 aromatic heterocycles. The standard InChI is InChI=1S/C20H26N4O2/c25-19(21-15-9-3-1-4-10-15)18-22-17(16-11-5-8-14-24(16)18)20(26)23-12-6-2-7-13-23/h5,8,11,14-15H,1-4,6-7,9-10,12-13H2,(H,21,25). The highest BCUT2D eigenvalue weighted by atomic mass is 16.2. The van der Waals surface area contributed by atoms with Crippen LogP contribution in [0.4, 0.5) is 0 Å². The molecule has 0 spiro atoms. The number of pyridine rings is 1. The summed E-state index contributed by atoms with van der Waals surface area (Å²) in [4.78, 5) is 32.1. The van der Waals surface area contributed by atoms with Crippen molar-refractivity contribution in [1.29, 1.82) is 0 Å². The fourth-order valence-electron chi connectivity index (χ4n) is 4.10. The average molecular weight is 354 g/mol. The van der Waals surface area contributed by atoms with Crippen molar-refractivity contribution in [3.63, 3.8) is 0 Å². The maximum absolute atomic E-state index is 13.0. The number of rotatable bonds is 3. The number of carbonyl (C=O) groups excluding carboxylic acids is 2. The summed E-state index contributed by atoms with van der Waals surface area (Å²) >= 11 is 0. The number of carbonyl (C=O) groups is 2. The highest BCUT2D eigenvalue weighted by molar-refractivity contribution is 6.02. The van der Waals surface area contributed by atoms with Crippen molar-refractivity contribution < 1.29 is 9.59 Å². The van der Waals surface area contributed by atoms with Crippen molar-refractivity contribution in [2.24, 2.45) is 0 Å². The van der Waals surface area contributed by atoms with Gasteiger partial charge in [0.05, 0.1) is 5.52 Å². The van der Waals surface area contributed by atoms with Crippen LogP contribution in [0.2, 0.25) is 0 Å². The van der Waals surface area contributed by atoms with Crippen LogP contribution in [0.3, 0.4) is 0 Å². The second-order valence-corrected chi connectivity index (χ2v) is 7.40. The molecule has 2 aliphatic rings. The maximum atomic E-state index is 13.0. The van der Waals surface area contributed by atoms with Gasteiger partial charge in [0.2, 0.25) is 5.82 Å². The number of imidazole rings is 1. The Labute approximate surface area is 153 Å². The number of hydrogen-bond acceptors (Lipinski definition) is 3. The molecule has 1 saturated carbocycles. The largest absolute Gasteiger partial charge is 0.347 e. The molecule has 0 radical (unpaired) electrons. The molecule has 1 saturated heterocycles. The first kappa shape index (κ1) is 17.1. The van der Waals surface area contributed by atoms with Gasteiger partial charge in [-0.25, -0.2) is 4.98 Å². The lowest BCUT2D eigenvalue weighted by Crippen LogP contribution is -2.37. The molecule has 6 heteroatoms. The van der Waals surface area contributed by atoms with Crippen LogP contribution >= 0.6 is 0 Å². The van der Waals surface area contributed by atoms with Crippen LogP contribution in [-0.2, 0) is 0 Å². The molecule has 2 amide bonds. The Kier molecular flexibility index (Phi) is 4.91. The Hall–Kier alpha value is -2.37. The van der Waals surface area contributed by atoms with Crippen molar-refractivity contribution in [3.05, 3.63) is 35.9 Å². The molecule has 0 unspecified atom stereocenters. The molecule has 4 rings (SSSR count). The van der Waals surface area contributed by atoms with Crippen LogP contribution in [0.25, 0.3) is 5.52 Å². The van der Waals surface area contributed by atoms with E-state index in [2.05, 4.69) is 10.3 Å². The number of amides is 2. The summed E-state index contributed by atoms with van der Waals surface area (Å²) in [5, 5.41) is 3.11. The molecule has 1 aliphatic carbocycles. The molecule has 0 atom stereocenters. The number of aromatic nitrogens is 2. The quantitative estimate of drug-likeness (QED) is 0.921. The molecule has 2 aromatic rings. The van der Waals surface area contributed by atoms with Crippen LogP contribution in [0.1, 0.15) is 72.5 Å². The van der Waals surface area contributed by atoms with Gasteiger partial charge in [0, 0.05) is 25.3 Å². The minimum atomic E-state index is -0.184. The van der Waals surface area contributed by atoms with Crippen LogP contribution in [0, 0.1) is 0 Å². The van der Waals surface area contributed by atoms with Crippen LogP contribution < -0.4 is 5.32 Å². The Bertz CT molecular complexity index is 801. The third-order valence-corrected chi connectivity index (χ3v) is 5.54. The second kappa shape index (κ2) is 7.48. The van der Waals surface area contributed by atoms with E-state index in [1.54, 1.807) is 4.40 Å². The third-order valence-electron chi connectivity index (χ3n) is 5.54. The maximum Gasteiger partial charge on any atom is 0.287 e. The van der Waals surface area contributed by atoms with E-state index in [9.17, 15) is 9.59 Å². The third kappa shape index (κ3) is 3.32. The van der Waals surface area contributed by atoms with E-state index < -0.39 is 0 Å². The Morgan fingerprint density at radius 1 is 1.00 bits per heavy atom. The summed E-state index contributed by atoms with van der Waals surface area (Å²) in [6.45, 7) is 1.54. The van der Waals surface area contributed by atoms with E-state index in [4.69, 9.17) is 0 Å². The fourth-order valence-corrected chi connectivity index (χ4v) is 4.10. The Balaban J connectivity index is 1.62. The molecular formula is C20H26N4O2. The molecule has 1 aliphatic heterocycles. The fraction of sp³-hybridized carbons (Fsp3) is 0.550. The van der Waals surface area contributed by atoms with Crippen molar-refractivity contribution in [2.45, 2.75) is 57.4 Å². The van der Waals surface area contributed by atoms with Crippen molar-refractivity contribution in [3.8, 4) is 0 Å².